The molecular formula is C29H32O5. The van der Waals surface area contributed by atoms with Gasteiger partial charge in [0.2, 0.25) is 0 Å². The van der Waals surface area contributed by atoms with Crippen molar-refractivity contribution in [3.8, 4) is 0 Å². The molecule has 0 aromatic heterocycles. The SMILES string of the molecule is CO[C@]1(C)[C@@H](COC(c2ccccc2)(c2ccccc2)c2ccccc2)O[C@@H]2OC(C)(C)O[C@@H]21. The molecule has 178 valence electrons. The van der Waals surface area contributed by atoms with Crippen molar-refractivity contribution < 1.29 is 23.7 Å². The monoisotopic (exact) mass is 460 g/mol. The van der Waals surface area contributed by atoms with Crippen LogP contribution in [0.25, 0.3) is 0 Å². The number of rotatable bonds is 7. The first-order valence-electron chi connectivity index (χ1n) is 11.8. The molecule has 5 rings (SSSR count). The third kappa shape index (κ3) is 3.88. The highest BCUT2D eigenvalue weighted by molar-refractivity contribution is 5.47. The van der Waals surface area contributed by atoms with Gasteiger partial charge in [0, 0.05) is 7.11 Å². The molecule has 3 aromatic carbocycles. The molecule has 2 fully saturated rings. The van der Waals surface area contributed by atoms with E-state index in [4.69, 9.17) is 23.7 Å². The van der Waals surface area contributed by atoms with Gasteiger partial charge in [-0.05, 0) is 37.5 Å². The minimum Gasteiger partial charge on any atom is -0.373 e. The van der Waals surface area contributed by atoms with E-state index in [1.807, 2.05) is 75.4 Å². The predicted octanol–water partition coefficient (Wildman–Crippen LogP) is 5.28. The van der Waals surface area contributed by atoms with Crippen LogP contribution in [0.3, 0.4) is 0 Å². The molecule has 0 aliphatic carbocycles. The smallest absolute Gasteiger partial charge is 0.190 e. The summed E-state index contributed by atoms with van der Waals surface area (Å²) < 4.78 is 31.5. The van der Waals surface area contributed by atoms with Crippen molar-refractivity contribution in [3.05, 3.63) is 108 Å². The van der Waals surface area contributed by atoms with Gasteiger partial charge in [-0.2, -0.15) is 0 Å². The molecule has 0 N–H and O–H groups in total. The minimum atomic E-state index is -0.833. The maximum absolute atomic E-state index is 6.97. The van der Waals surface area contributed by atoms with Gasteiger partial charge in [0.1, 0.15) is 23.4 Å². The summed E-state index contributed by atoms with van der Waals surface area (Å²) in [5.41, 5.74) is 1.56. The molecule has 3 aromatic rings. The van der Waals surface area contributed by atoms with E-state index in [1.165, 1.54) is 0 Å². The summed E-state index contributed by atoms with van der Waals surface area (Å²) in [7, 11) is 1.69. The van der Waals surface area contributed by atoms with E-state index in [9.17, 15) is 0 Å². The van der Waals surface area contributed by atoms with Crippen LogP contribution in [0.1, 0.15) is 37.5 Å². The zero-order valence-corrected chi connectivity index (χ0v) is 20.1. The van der Waals surface area contributed by atoms with E-state index in [-0.39, 0.29) is 18.8 Å². The van der Waals surface area contributed by atoms with Crippen molar-refractivity contribution in [1.29, 1.82) is 0 Å². The van der Waals surface area contributed by atoms with Crippen LogP contribution in [-0.4, -0.2) is 43.6 Å². The summed E-state index contributed by atoms with van der Waals surface area (Å²) in [6.45, 7) is 6.07. The van der Waals surface area contributed by atoms with Crippen LogP contribution >= 0.6 is 0 Å². The second kappa shape index (κ2) is 8.91. The Morgan fingerprint density at radius 1 is 0.735 bits per heavy atom. The first kappa shape index (κ1) is 23.2. The van der Waals surface area contributed by atoms with Crippen LogP contribution < -0.4 is 0 Å². The van der Waals surface area contributed by atoms with Gasteiger partial charge in [0.05, 0.1) is 6.61 Å². The zero-order chi connectivity index (χ0) is 23.8. The lowest BCUT2D eigenvalue weighted by molar-refractivity contribution is -0.239. The Bertz CT molecular complexity index is 989. The second-order valence-corrected chi connectivity index (χ2v) is 9.53. The minimum absolute atomic E-state index is 0.281. The fourth-order valence-electron chi connectivity index (χ4n) is 5.12. The third-order valence-electron chi connectivity index (χ3n) is 6.99. The van der Waals surface area contributed by atoms with Gasteiger partial charge in [0.25, 0.3) is 0 Å². The Kier molecular flexibility index (Phi) is 6.09. The van der Waals surface area contributed by atoms with Crippen molar-refractivity contribution in [3.63, 3.8) is 0 Å². The summed E-state index contributed by atoms with van der Waals surface area (Å²) in [6.07, 6.45) is -1.24. The Balaban J connectivity index is 1.55. The topological polar surface area (TPSA) is 46.2 Å². The van der Waals surface area contributed by atoms with E-state index >= 15 is 0 Å². The van der Waals surface area contributed by atoms with Crippen LogP contribution in [0.2, 0.25) is 0 Å². The van der Waals surface area contributed by atoms with Gasteiger partial charge < -0.3 is 23.7 Å². The molecule has 4 atom stereocenters. The quantitative estimate of drug-likeness (QED) is 0.449. The van der Waals surface area contributed by atoms with Crippen molar-refractivity contribution >= 4 is 0 Å². The molecule has 34 heavy (non-hydrogen) atoms. The highest BCUT2D eigenvalue weighted by atomic mass is 16.8. The standard InChI is InChI=1S/C29H32O5/c1-27(2)33-25-26(34-27)32-24(28(25,3)30-4)20-31-29(21-14-8-5-9-15-21,22-16-10-6-11-17-22)23-18-12-7-13-19-23/h5-19,24-26H,20H2,1-4H3/t24-,25+,26-,28-/m1/s1. The van der Waals surface area contributed by atoms with Gasteiger partial charge >= 0.3 is 0 Å². The van der Waals surface area contributed by atoms with Crippen LogP contribution in [0.15, 0.2) is 91.0 Å². The van der Waals surface area contributed by atoms with E-state index in [1.54, 1.807) is 7.11 Å². The van der Waals surface area contributed by atoms with Crippen LogP contribution in [0.4, 0.5) is 0 Å². The summed E-state index contributed by atoms with van der Waals surface area (Å²) in [4.78, 5) is 0. The number of ether oxygens (including phenoxy) is 5. The summed E-state index contributed by atoms with van der Waals surface area (Å²) in [6, 6.07) is 30.9. The van der Waals surface area contributed by atoms with E-state index in [0.29, 0.717) is 0 Å². The van der Waals surface area contributed by atoms with E-state index in [0.717, 1.165) is 16.7 Å². The van der Waals surface area contributed by atoms with Crippen LogP contribution in [-0.2, 0) is 29.3 Å². The van der Waals surface area contributed by atoms with Gasteiger partial charge in [-0.25, -0.2) is 0 Å². The fraction of sp³-hybridized carbons (Fsp3) is 0.379. The highest BCUT2D eigenvalue weighted by Crippen LogP contribution is 2.46. The molecule has 0 spiro atoms. The van der Waals surface area contributed by atoms with Gasteiger partial charge in [-0.15, -0.1) is 0 Å². The number of hydrogen-bond donors (Lipinski definition) is 0. The summed E-state index contributed by atoms with van der Waals surface area (Å²) in [5, 5.41) is 0. The first-order valence-corrected chi connectivity index (χ1v) is 11.8. The summed E-state index contributed by atoms with van der Waals surface area (Å²) in [5.74, 6) is -0.719. The Hall–Kier alpha value is -2.54. The molecule has 2 saturated heterocycles. The maximum Gasteiger partial charge on any atom is 0.190 e. The Labute approximate surface area is 201 Å². The molecule has 5 heteroatoms. The van der Waals surface area contributed by atoms with Gasteiger partial charge in [-0.1, -0.05) is 91.0 Å². The van der Waals surface area contributed by atoms with Crippen molar-refractivity contribution in [2.75, 3.05) is 13.7 Å². The molecule has 0 saturated carbocycles. The molecule has 5 nitrogen and oxygen atoms in total. The first-order chi connectivity index (χ1) is 16.4. The number of benzene rings is 3. The normalized spacial score (nSPS) is 28.1. The largest absolute Gasteiger partial charge is 0.373 e. The number of methoxy groups -OCH3 is 1. The predicted molar refractivity (Wildman–Crippen MR) is 129 cm³/mol. The maximum atomic E-state index is 6.97. The van der Waals surface area contributed by atoms with E-state index in [2.05, 4.69) is 36.4 Å². The Morgan fingerprint density at radius 2 is 1.21 bits per heavy atom. The lowest BCUT2D eigenvalue weighted by atomic mass is 9.80. The second-order valence-electron chi connectivity index (χ2n) is 9.53. The molecule has 2 heterocycles. The van der Waals surface area contributed by atoms with E-state index < -0.39 is 23.3 Å². The lowest BCUT2D eigenvalue weighted by Gasteiger charge is -2.39. The van der Waals surface area contributed by atoms with Crippen LogP contribution in [0, 0.1) is 0 Å². The average Bonchev–Trinajstić information content (AvgIpc) is 3.31. The van der Waals surface area contributed by atoms with Crippen molar-refractivity contribution in [1.82, 2.24) is 0 Å². The third-order valence-corrected chi connectivity index (χ3v) is 6.99. The average molecular weight is 461 g/mol. The molecule has 0 bridgehead atoms. The number of hydrogen-bond acceptors (Lipinski definition) is 5. The molecule has 2 aliphatic rings. The fourth-order valence-corrected chi connectivity index (χ4v) is 5.12. The summed E-state index contributed by atoms with van der Waals surface area (Å²) >= 11 is 0. The van der Waals surface area contributed by atoms with Crippen LogP contribution in [0.5, 0.6) is 0 Å². The molecule has 0 unspecified atom stereocenters. The Morgan fingerprint density at radius 3 is 1.65 bits per heavy atom. The number of fused-ring (bicyclic) bond motifs is 1. The molecule has 0 radical (unpaired) electrons. The molecule has 2 aliphatic heterocycles. The highest BCUT2D eigenvalue weighted by Gasteiger charge is 2.62. The molecule has 0 amide bonds. The molecular weight excluding hydrogens is 428 g/mol. The lowest BCUT2D eigenvalue weighted by Crippen LogP contribution is -2.50. The zero-order valence-electron chi connectivity index (χ0n) is 20.1. The van der Waals surface area contributed by atoms with Gasteiger partial charge in [0.15, 0.2) is 12.1 Å². The van der Waals surface area contributed by atoms with Crippen molar-refractivity contribution in [2.45, 2.75) is 56.3 Å². The van der Waals surface area contributed by atoms with Crippen molar-refractivity contribution in [2.24, 2.45) is 0 Å². The van der Waals surface area contributed by atoms with Gasteiger partial charge in [-0.3, -0.25) is 0 Å².